The number of ketones is 1. The van der Waals surface area contributed by atoms with Crippen molar-refractivity contribution in [2.75, 3.05) is 11.5 Å². The molecular weight excluding hydrogens is 330 g/mol. The molecule has 2 aromatic rings. The molecule has 1 aliphatic heterocycles. The molecule has 0 bridgehead atoms. The van der Waals surface area contributed by atoms with Crippen molar-refractivity contribution in [3.05, 3.63) is 47.5 Å². The summed E-state index contributed by atoms with van der Waals surface area (Å²) >= 11 is 0. The van der Waals surface area contributed by atoms with Crippen LogP contribution in [0.5, 0.6) is 11.5 Å². The van der Waals surface area contributed by atoms with Gasteiger partial charge >= 0.3 is 0 Å². The Balaban J connectivity index is 1.98. The number of fused-ring (bicyclic) bond motifs is 1. The molecule has 0 fully saturated rings. The van der Waals surface area contributed by atoms with Crippen LogP contribution in [0.15, 0.2) is 41.3 Å². The number of sulfonamides is 1. The average molecular weight is 347 g/mol. The molecule has 0 aromatic heterocycles. The molecule has 0 spiro atoms. The lowest BCUT2D eigenvalue weighted by atomic mass is 10.1. The zero-order valence-corrected chi connectivity index (χ0v) is 14.1. The van der Waals surface area contributed by atoms with Crippen molar-refractivity contribution in [2.24, 2.45) is 0 Å². The second kappa shape index (κ2) is 6.16. The van der Waals surface area contributed by atoms with Crippen LogP contribution in [0.3, 0.4) is 0 Å². The second-order valence-corrected chi connectivity index (χ2v) is 7.09. The summed E-state index contributed by atoms with van der Waals surface area (Å²) in [5.41, 5.74) is 1.45. The number of hydrogen-bond acceptors (Lipinski definition) is 5. The van der Waals surface area contributed by atoms with Crippen molar-refractivity contribution in [2.45, 2.75) is 25.2 Å². The highest BCUT2D eigenvalue weighted by Gasteiger charge is 2.23. The van der Waals surface area contributed by atoms with E-state index in [1.807, 2.05) is 6.92 Å². The normalized spacial score (nSPS) is 12.9. The lowest BCUT2D eigenvalue weighted by Gasteiger charge is -2.12. The number of Topliss-reactive ketones (excluding diaryl/α,β-unsaturated/α-hetero) is 1. The Kier molecular flexibility index (Phi) is 4.19. The topological polar surface area (TPSA) is 81.7 Å². The van der Waals surface area contributed by atoms with E-state index in [4.69, 9.17) is 9.47 Å². The average Bonchev–Trinajstić information content (AvgIpc) is 3.01. The lowest BCUT2D eigenvalue weighted by Crippen LogP contribution is -2.15. The van der Waals surface area contributed by atoms with Crippen LogP contribution in [-0.4, -0.2) is 21.0 Å². The van der Waals surface area contributed by atoms with Gasteiger partial charge in [-0.15, -0.1) is 0 Å². The van der Waals surface area contributed by atoms with Crippen LogP contribution in [0, 0.1) is 0 Å². The van der Waals surface area contributed by atoms with Crippen molar-refractivity contribution in [3.63, 3.8) is 0 Å². The summed E-state index contributed by atoms with van der Waals surface area (Å²) in [5.74, 6) is 0.557. The maximum Gasteiger partial charge on any atom is 0.261 e. The Morgan fingerprint density at radius 2 is 1.75 bits per heavy atom. The number of rotatable bonds is 5. The fourth-order valence-corrected chi connectivity index (χ4v) is 3.50. The molecule has 2 aromatic carbocycles. The number of ether oxygens (including phenoxy) is 2. The second-order valence-electron chi connectivity index (χ2n) is 5.41. The molecule has 0 radical (unpaired) electrons. The standard InChI is InChI=1S/C17H17NO5S/c1-3-12-4-6-13(7-5-12)24(20,21)18-15-9-17-16(22-10-23-17)8-14(15)11(2)19/h4-9,18H,3,10H2,1-2H3. The molecule has 0 unspecified atom stereocenters. The van der Waals surface area contributed by atoms with Gasteiger partial charge in [-0.1, -0.05) is 19.1 Å². The van der Waals surface area contributed by atoms with Gasteiger partial charge in [0.25, 0.3) is 10.0 Å². The van der Waals surface area contributed by atoms with Gasteiger partial charge in [0.2, 0.25) is 6.79 Å². The predicted molar refractivity (Wildman–Crippen MR) is 89.2 cm³/mol. The van der Waals surface area contributed by atoms with Gasteiger partial charge < -0.3 is 9.47 Å². The summed E-state index contributed by atoms with van der Waals surface area (Å²) in [6.45, 7) is 3.40. The third-order valence-corrected chi connectivity index (χ3v) is 5.16. The van der Waals surface area contributed by atoms with Crippen LogP contribution in [0.25, 0.3) is 0 Å². The molecule has 0 saturated carbocycles. The van der Waals surface area contributed by atoms with Crippen molar-refractivity contribution in [3.8, 4) is 11.5 Å². The van der Waals surface area contributed by atoms with Gasteiger partial charge in [-0.25, -0.2) is 8.42 Å². The highest BCUT2D eigenvalue weighted by atomic mass is 32.2. The number of carbonyl (C=O) groups is 1. The Bertz CT molecular complexity index is 888. The maximum absolute atomic E-state index is 12.6. The molecule has 0 saturated heterocycles. The summed E-state index contributed by atoms with van der Waals surface area (Å²) in [6.07, 6.45) is 0.824. The highest BCUT2D eigenvalue weighted by Crippen LogP contribution is 2.38. The van der Waals surface area contributed by atoms with Crippen LogP contribution in [0.4, 0.5) is 5.69 Å². The molecule has 0 amide bonds. The van der Waals surface area contributed by atoms with Gasteiger partial charge in [-0.3, -0.25) is 9.52 Å². The third-order valence-electron chi connectivity index (χ3n) is 3.78. The van der Waals surface area contributed by atoms with Crippen LogP contribution < -0.4 is 14.2 Å². The van der Waals surface area contributed by atoms with E-state index < -0.39 is 10.0 Å². The Morgan fingerprint density at radius 1 is 1.12 bits per heavy atom. The van der Waals surface area contributed by atoms with Gasteiger partial charge in [0.15, 0.2) is 17.3 Å². The first-order chi connectivity index (χ1) is 11.4. The third kappa shape index (κ3) is 3.07. The van der Waals surface area contributed by atoms with Crippen LogP contribution in [-0.2, 0) is 16.4 Å². The quantitative estimate of drug-likeness (QED) is 0.841. The minimum Gasteiger partial charge on any atom is -0.454 e. The van der Waals surface area contributed by atoms with Crippen LogP contribution in [0.1, 0.15) is 29.8 Å². The molecule has 7 heteroatoms. The molecule has 1 aliphatic rings. The molecule has 0 atom stereocenters. The SMILES string of the molecule is CCc1ccc(S(=O)(=O)Nc2cc3c(cc2C(C)=O)OCO3)cc1. The number of benzene rings is 2. The zero-order valence-electron chi connectivity index (χ0n) is 13.3. The molecule has 6 nitrogen and oxygen atoms in total. The number of anilines is 1. The van der Waals surface area contributed by atoms with E-state index in [2.05, 4.69) is 4.72 Å². The van der Waals surface area contributed by atoms with Crippen molar-refractivity contribution in [1.82, 2.24) is 0 Å². The predicted octanol–water partition coefficient (Wildman–Crippen LogP) is 2.98. The van der Waals surface area contributed by atoms with E-state index in [0.29, 0.717) is 11.5 Å². The molecule has 0 aliphatic carbocycles. The number of hydrogen-bond donors (Lipinski definition) is 1. The Morgan fingerprint density at radius 3 is 2.33 bits per heavy atom. The van der Waals surface area contributed by atoms with E-state index in [9.17, 15) is 13.2 Å². The molecule has 24 heavy (non-hydrogen) atoms. The summed E-state index contributed by atoms with van der Waals surface area (Å²) in [6, 6.07) is 9.57. The van der Waals surface area contributed by atoms with E-state index >= 15 is 0 Å². The van der Waals surface area contributed by atoms with Crippen LogP contribution >= 0.6 is 0 Å². The van der Waals surface area contributed by atoms with Gasteiger partial charge in [0, 0.05) is 11.6 Å². The van der Waals surface area contributed by atoms with Gasteiger partial charge in [0.05, 0.1) is 10.6 Å². The molecule has 126 valence electrons. The zero-order chi connectivity index (χ0) is 17.3. The van der Waals surface area contributed by atoms with Gasteiger partial charge in [-0.05, 0) is 37.1 Å². The van der Waals surface area contributed by atoms with E-state index in [1.54, 1.807) is 24.3 Å². The lowest BCUT2D eigenvalue weighted by molar-refractivity contribution is 0.101. The smallest absolute Gasteiger partial charge is 0.261 e. The number of aryl methyl sites for hydroxylation is 1. The minimum atomic E-state index is -3.81. The largest absolute Gasteiger partial charge is 0.454 e. The Labute approximate surface area is 140 Å². The van der Waals surface area contributed by atoms with Crippen LogP contribution in [0.2, 0.25) is 0 Å². The minimum absolute atomic E-state index is 0.0430. The number of carbonyl (C=O) groups excluding carboxylic acids is 1. The van der Waals surface area contributed by atoms with E-state index in [1.165, 1.54) is 19.1 Å². The summed E-state index contributed by atoms with van der Waals surface area (Å²) < 4.78 is 38.1. The summed E-state index contributed by atoms with van der Waals surface area (Å²) in [4.78, 5) is 12.0. The fraction of sp³-hybridized carbons (Fsp3) is 0.235. The van der Waals surface area contributed by atoms with E-state index in [0.717, 1.165) is 12.0 Å². The molecule has 1 heterocycles. The highest BCUT2D eigenvalue weighted by molar-refractivity contribution is 7.92. The number of nitrogens with one attached hydrogen (secondary N) is 1. The summed E-state index contributed by atoms with van der Waals surface area (Å²) in [7, 11) is -3.81. The van der Waals surface area contributed by atoms with E-state index in [-0.39, 0.29) is 28.7 Å². The maximum atomic E-state index is 12.6. The monoisotopic (exact) mass is 347 g/mol. The molecule has 3 rings (SSSR count). The first-order valence-electron chi connectivity index (χ1n) is 7.47. The van der Waals surface area contributed by atoms with Gasteiger partial charge in [0.1, 0.15) is 0 Å². The Hall–Kier alpha value is -2.54. The van der Waals surface area contributed by atoms with Crippen molar-refractivity contribution >= 4 is 21.5 Å². The first-order valence-corrected chi connectivity index (χ1v) is 8.95. The first kappa shape index (κ1) is 16.3. The summed E-state index contributed by atoms with van der Waals surface area (Å²) in [5, 5.41) is 0. The van der Waals surface area contributed by atoms with Crippen molar-refractivity contribution in [1.29, 1.82) is 0 Å². The van der Waals surface area contributed by atoms with Gasteiger partial charge in [-0.2, -0.15) is 0 Å². The molecule has 1 N–H and O–H groups in total. The fourth-order valence-electron chi connectivity index (χ4n) is 2.43. The van der Waals surface area contributed by atoms with Crippen molar-refractivity contribution < 1.29 is 22.7 Å². The molecular formula is C17H17NO5S.